The first-order valence-electron chi connectivity index (χ1n) is 11.8. The zero-order valence-electron chi connectivity index (χ0n) is 19.7. The lowest BCUT2D eigenvalue weighted by Crippen LogP contribution is -2.32. The van der Waals surface area contributed by atoms with E-state index in [9.17, 15) is 9.59 Å². The number of benzene rings is 2. The number of ether oxygens (including phenoxy) is 4. The highest BCUT2D eigenvalue weighted by molar-refractivity contribution is 6.00. The molecule has 2 amide bonds. The minimum atomic E-state index is -0.394. The van der Waals surface area contributed by atoms with E-state index in [4.69, 9.17) is 18.9 Å². The number of rotatable bonds is 10. The van der Waals surface area contributed by atoms with E-state index in [2.05, 4.69) is 5.32 Å². The number of carbonyl (C=O) groups is 2. The number of anilines is 1. The molecule has 2 atom stereocenters. The molecule has 2 saturated heterocycles. The summed E-state index contributed by atoms with van der Waals surface area (Å²) in [6.07, 6.45) is 2.39. The summed E-state index contributed by atoms with van der Waals surface area (Å²) in [5.41, 5.74) is 1.66. The van der Waals surface area contributed by atoms with Crippen molar-refractivity contribution in [1.29, 1.82) is 0 Å². The van der Waals surface area contributed by atoms with Gasteiger partial charge in [-0.2, -0.15) is 0 Å². The van der Waals surface area contributed by atoms with Crippen molar-refractivity contribution in [2.45, 2.75) is 38.8 Å². The lowest BCUT2D eigenvalue weighted by atomic mass is 10.1. The Bertz CT molecular complexity index is 987. The number of amides is 2. The van der Waals surface area contributed by atoms with Crippen LogP contribution in [0, 0.1) is 5.92 Å². The number of hydrogen-bond acceptors (Lipinski definition) is 6. The summed E-state index contributed by atoms with van der Waals surface area (Å²) in [5, 5.41) is 2.95. The number of nitrogens with one attached hydrogen (secondary N) is 1. The van der Waals surface area contributed by atoms with E-state index >= 15 is 0 Å². The molecule has 34 heavy (non-hydrogen) atoms. The van der Waals surface area contributed by atoms with Gasteiger partial charge < -0.3 is 29.2 Å². The molecule has 1 N–H and O–H groups in total. The van der Waals surface area contributed by atoms with Crippen LogP contribution in [0.5, 0.6) is 17.2 Å². The molecule has 0 radical (unpaired) electrons. The fourth-order valence-corrected chi connectivity index (χ4v) is 4.25. The molecule has 0 aromatic heterocycles. The molecule has 0 aliphatic carbocycles. The van der Waals surface area contributed by atoms with Gasteiger partial charge >= 0.3 is 0 Å². The van der Waals surface area contributed by atoms with Gasteiger partial charge in [-0.25, -0.2) is 0 Å². The van der Waals surface area contributed by atoms with Crippen molar-refractivity contribution >= 4 is 17.5 Å². The lowest BCUT2D eigenvalue weighted by Gasteiger charge is -2.17. The molecule has 2 unspecified atom stereocenters. The normalized spacial score (nSPS) is 19.8. The minimum absolute atomic E-state index is 0.0567. The number of nitrogens with zero attached hydrogens (tertiary/aromatic N) is 1. The van der Waals surface area contributed by atoms with E-state index in [0.717, 1.165) is 36.4 Å². The minimum Gasteiger partial charge on any atom is -0.494 e. The molecule has 2 aliphatic rings. The third kappa shape index (κ3) is 5.80. The standard InChI is InChI=1S/C26H32N2O6/c1-3-32-21-9-7-20(8-10-21)28-16-19(14-25(28)29)26(30)27-15-18-6-11-23(24(13-18)31-2)34-17-22-5-4-12-33-22/h6-11,13,19,22H,3-5,12,14-17H2,1-2H3,(H,27,30). The fourth-order valence-electron chi connectivity index (χ4n) is 4.25. The second-order valence-corrected chi connectivity index (χ2v) is 8.48. The topological polar surface area (TPSA) is 86.3 Å². The molecular formula is C26H32N2O6. The Morgan fingerprint density at radius 3 is 2.68 bits per heavy atom. The van der Waals surface area contributed by atoms with Crippen LogP contribution in [0.3, 0.4) is 0 Å². The van der Waals surface area contributed by atoms with Crippen molar-refractivity contribution < 1.29 is 28.5 Å². The number of methoxy groups -OCH3 is 1. The molecular weight excluding hydrogens is 436 g/mol. The van der Waals surface area contributed by atoms with Crippen molar-refractivity contribution in [2.24, 2.45) is 5.92 Å². The Hall–Kier alpha value is -3.26. The number of carbonyl (C=O) groups excluding carboxylic acids is 2. The summed E-state index contributed by atoms with van der Waals surface area (Å²) in [5.74, 6) is 1.43. The fraction of sp³-hybridized carbons (Fsp3) is 0.462. The van der Waals surface area contributed by atoms with Crippen molar-refractivity contribution in [3.05, 3.63) is 48.0 Å². The Morgan fingerprint density at radius 1 is 1.15 bits per heavy atom. The first-order valence-corrected chi connectivity index (χ1v) is 11.8. The van der Waals surface area contributed by atoms with Crippen LogP contribution in [0.4, 0.5) is 5.69 Å². The summed E-state index contributed by atoms with van der Waals surface area (Å²) < 4.78 is 22.4. The molecule has 2 heterocycles. The first kappa shape index (κ1) is 23.9. The maximum atomic E-state index is 12.8. The van der Waals surface area contributed by atoms with E-state index in [1.807, 2.05) is 49.4 Å². The third-order valence-corrected chi connectivity index (χ3v) is 6.10. The molecule has 8 nitrogen and oxygen atoms in total. The molecule has 2 aliphatic heterocycles. The number of hydrogen-bond donors (Lipinski definition) is 1. The lowest BCUT2D eigenvalue weighted by molar-refractivity contribution is -0.126. The van der Waals surface area contributed by atoms with Crippen molar-refractivity contribution in [3.8, 4) is 17.2 Å². The van der Waals surface area contributed by atoms with Crippen LogP contribution in [0.1, 0.15) is 31.7 Å². The Labute approximate surface area is 200 Å². The van der Waals surface area contributed by atoms with E-state index in [0.29, 0.717) is 37.8 Å². The smallest absolute Gasteiger partial charge is 0.227 e. The molecule has 0 saturated carbocycles. The second kappa shape index (κ2) is 11.2. The van der Waals surface area contributed by atoms with Crippen LogP contribution in [0.2, 0.25) is 0 Å². The average molecular weight is 469 g/mol. The molecule has 2 aromatic carbocycles. The molecule has 0 spiro atoms. The third-order valence-electron chi connectivity index (χ3n) is 6.10. The molecule has 4 rings (SSSR count). The van der Waals surface area contributed by atoms with Gasteiger partial charge in [0, 0.05) is 31.8 Å². The molecule has 182 valence electrons. The first-order chi connectivity index (χ1) is 16.6. The van der Waals surface area contributed by atoms with Crippen LogP contribution >= 0.6 is 0 Å². The quantitative estimate of drug-likeness (QED) is 0.576. The maximum absolute atomic E-state index is 12.8. The van der Waals surface area contributed by atoms with E-state index in [1.165, 1.54) is 0 Å². The predicted molar refractivity (Wildman–Crippen MR) is 127 cm³/mol. The average Bonchev–Trinajstić information content (AvgIpc) is 3.52. The summed E-state index contributed by atoms with van der Waals surface area (Å²) in [7, 11) is 1.59. The van der Waals surface area contributed by atoms with Crippen molar-refractivity contribution in [2.75, 3.05) is 38.4 Å². The van der Waals surface area contributed by atoms with Gasteiger partial charge in [0.1, 0.15) is 12.4 Å². The van der Waals surface area contributed by atoms with Crippen LogP contribution in [-0.4, -0.2) is 51.4 Å². The monoisotopic (exact) mass is 468 g/mol. The van der Waals surface area contributed by atoms with E-state index < -0.39 is 5.92 Å². The summed E-state index contributed by atoms with van der Waals surface area (Å²) in [6.45, 7) is 4.49. The van der Waals surface area contributed by atoms with Gasteiger partial charge in [0.2, 0.25) is 11.8 Å². The maximum Gasteiger partial charge on any atom is 0.227 e. The van der Waals surface area contributed by atoms with Crippen molar-refractivity contribution in [1.82, 2.24) is 5.32 Å². The van der Waals surface area contributed by atoms with Gasteiger partial charge in [0.25, 0.3) is 0 Å². The van der Waals surface area contributed by atoms with Gasteiger partial charge in [-0.15, -0.1) is 0 Å². The summed E-state index contributed by atoms with van der Waals surface area (Å²) >= 11 is 0. The van der Waals surface area contributed by atoms with Gasteiger partial charge in [-0.1, -0.05) is 6.07 Å². The Balaban J connectivity index is 1.30. The summed E-state index contributed by atoms with van der Waals surface area (Å²) in [6, 6.07) is 13.0. The van der Waals surface area contributed by atoms with Crippen LogP contribution in [0.25, 0.3) is 0 Å². The van der Waals surface area contributed by atoms with E-state index in [1.54, 1.807) is 12.0 Å². The Morgan fingerprint density at radius 2 is 1.97 bits per heavy atom. The summed E-state index contributed by atoms with van der Waals surface area (Å²) in [4.78, 5) is 27.0. The SMILES string of the molecule is CCOc1ccc(N2CC(C(=O)NCc3ccc(OCC4CCCO4)c(OC)c3)CC2=O)cc1. The highest BCUT2D eigenvalue weighted by Gasteiger charge is 2.35. The molecule has 0 bridgehead atoms. The highest BCUT2D eigenvalue weighted by atomic mass is 16.5. The molecule has 2 aromatic rings. The Kier molecular flexibility index (Phi) is 7.90. The molecule has 8 heteroatoms. The predicted octanol–water partition coefficient (Wildman–Crippen LogP) is 3.32. The zero-order valence-corrected chi connectivity index (χ0v) is 19.7. The molecule has 2 fully saturated rings. The van der Waals surface area contributed by atoms with Crippen molar-refractivity contribution in [3.63, 3.8) is 0 Å². The van der Waals surface area contributed by atoms with Gasteiger partial charge in [-0.3, -0.25) is 9.59 Å². The highest BCUT2D eigenvalue weighted by Crippen LogP contribution is 2.30. The van der Waals surface area contributed by atoms with Gasteiger partial charge in [-0.05, 0) is 61.7 Å². The largest absolute Gasteiger partial charge is 0.494 e. The van der Waals surface area contributed by atoms with Crippen LogP contribution in [0.15, 0.2) is 42.5 Å². The van der Waals surface area contributed by atoms with Crippen LogP contribution < -0.4 is 24.4 Å². The van der Waals surface area contributed by atoms with E-state index in [-0.39, 0.29) is 24.3 Å². The van der Waals surface area contributed by atoms with Crippen LogP contribution in [-0.2, 0) is 20.9 Å². The van der Waals surface area contributed by atoms with Gasteiger partial charge in [0.15, 0.2) is 11.5 Å². The zero-order chi connectivity index (χ0) is 23.9. The van der Waals surface area contributed by atoms with Gasteiger partial charge in [0.05, 0.1) is 25.7 Å². The second-order valence-electron chi connectivity index (χ2n) is 8.48.